The van der Waals surface area contributed by atoms with Crippen molar-refractivity contribution in [1.82, 2.24) is 0 Å². The number of hydrogen-bond acceptors (Lipinski definition) is 3. The van der Waals surface area contributed by atoms with Gasteiger partial charge in [-0.15, -0.1) is 0 Å². The van der Waals surface area contributed by atoms with Crippen LogP contribution in [-0.2, 0) is 17.8 Å². The van der Waals surface area contributed by atoms with Crippen LogP contribution < -0.4 is 9.84 Å². The standard InChI is InChI=1S/C16H16O3/c1-12-9-15(8-7-14(12)10-16(17)18)19-11-13-5-3-2-4-6-13/h2-9H,10-11H2,1H3,(H,17,18)/p-1. The first kappa shape index (κ1) is 13.1. The fourth-order valence-electron chi connectivity index (χ4n) is 1.85. The van der Waals surface area contributed by atoms with Gasteiger partial charge in [0.1, 0.15) is 12.4 Å². The number of carbonyl (C=O) groups is 1. The largest absolute Gasteiger partial charge is 0.550 e. The van der Waals surface area contributed by atoms with Gasteiger partial charge in [-0.25, -0.2) is 0 Å². The molecule has 0 heterocycles. The molecule has 2 rings (SSSR count). The molecule has 0 radical (unpaired) electrons. The average molecular weight is 255 g/mol. The molecule has 2 aromatic carbocycles. The van der Waals surface area contributed by atoms with Crippen molar-refractivity contribution in [3.63, 3.8) is 0 Å². The number of ether oxygens (including phenoxy) is 1. The lowest BCUT2D eigenvalue weighted by molar-refractivity contribution is -0.304. The molecule has 0 aliphatic heterocycles. The van der Waals surface area contributed by atoms with Crippen LogP contribution in [0.5, 0.6) is 5.75 Å². The summed E-state index contributed by atoms with van der Waals surface area (Å²) in [6.07, 6.45) is -0.0647. The summed E-state index contributed by atoms with van der Waals surface area (Å²) in [4.78, 5) is 10.6. The third-order valence-corrected chi connectivity index (χ3v) is 2.90. The summed E-state index contributed by atoms with van der Waals surface area (Å²) in [5.41, 5.74) is 2.75. The first-order valence-electron chi connectivity index (χ1n) is 6.11. The van der Waals surface area contributed by atoms with E-state index < -0.39 is 5.97 Å². The van der Waals surface area contributed by atoms with E-state index in [0.717, 1.165) is 22.4 Å². The fraction of sp³-hybridized carbons (Fsp3) is 0.188. The Balaban J connectivity index is 2.02. The fourth-order valence-corrected chi connectivity index (χ4v) is 1.85. The highest BCUT2D eigenvalue weighted by molar-refractivity contribution is 5.68. The van der Waals surface area contributed by atoms with E-state index in [1.807, 2.05) is 43.3 Å². The van der Waals surface area contributed by atoms with Crippen molar-refractivity contribution in [2.45, 2.75) is 20.0 Å². The van der Waals surface area contributed by atoms with Gasteiger partial charge in [-0.2, -0.15) is 0 Å². The molecule has 0 aliphatic carbocycles. The molecule has 0 atom stereocenters. The van der Waals surface area contributed by atoms with Crippen LogP contribution in [0, 0.1) is 6.92 Å². The van der Waals surface area contributed by atoms with Gasteiger partial charge in [0.15, 0.2) is 0 Å². The number of aryl methyl sites for hydroxylation is 1. The van der Waals surface area contributed by atoms with Gasteiger partial charge in [0, 0.05) is 12.4 Å². The number of carboxylic acids is 1. The summed E-state index contributed by atoms with van der Waals surface area (Å²) in [6.45, 7) is 2.37. The van der Waals surface area contributed by atoms with Crippen LogP contribution in [0.1, 0.15) is 16.7 Å². The maximum atomic E-state index is 10.6. The monoisotopic (exact) mass is 255 g/mol. The Morgan fingerprint density at radius 1 is 1.16 bits per heavy atom. The molecule has 0 amide bonds. The zero-order valence-electron chi connectivity index (χ0n) is 10.8. The van der Waals surface area contributed by atoms with Gasteiger partial charge in [-0.3, -0.25) is 0 Å². The van der Waals surface area contributed by atoms with Gasteiger partial charge in [0.05, 0.1) is 0 Å². The molecule has 98 valence electrons. The van der Waals surface area contributed by atoms with Crippen LogP contribution in [0.2, 0.25) is 0 Å². The number of benzene rings is 2. The van der Waals surface area contributed by atoms with E-state index in [2.05, 4.69) is 0 Å². The van der Waals surface area contributed by atoms with Crippen molar-refractivity contribution < 1.29 is 14.6 Å². The summed E-state index contributed by atoms with van der Waals surface area (Å²) in [5, 5.41) is 10.6. The topological polar surface area (TPSA) is 49.4 Å². The summed E-state index contributed by atoms with van der Waals surface area (Å²) in [5.74, 6) is -0.329. The zero-order chi connectivity index (χ0) is 13.7. The smallest absolute Gasteiger partial charge is 0.120 e. The molecule has 0 spiro atoms. The van der Waals surface area contributed by atoms with Crippen molar-refractivity contribution in [3.05, 3.63) is 65.2 Å². The van der Waals surface area contributed by atoms with E-state index in [1.54, 1.807) is 12.1 Å². The van der Waals surface area contributed by atoms with Gasteiger partial charge >= 0.3 is 0 Å². The van der Waals surface area contributed by atoms with Gasteiger partial charge in [0.25, 0.3) is 0 Å². The Morgan fingerprint density at radius 2 is 1.89 bits per heavy atom. The molecular weight excluding hydrogens is 240 g/mol. The number of hydrogen-bond donors (Lipinski definition) is 0. The van der Waals surface area contributed by atoms with E-state index >= 15 is 0 Å². The number of carboxylic acid groups (broad SMARTS) is 1. The van der Waals surface area contributed by atoms with Crippen LogP contribution in [0.3, 0.4) is 0 Å². The second-order valence-corrected chi connectivity index (χ2v) is 4.41. The van der Waals surface area contributed by atoms with Crippen LogP contribution >= 0.6 is 0 Å². The van der Waals surface area contributed by atoms with Crippen molar-refractivity contribution in [2.24, 2.45) is 0 Å². The van der Waals surface area contributed by atoms with E-state index in [1.165, 1.54) is 0 Å². The first-order chi connectivity index (χ1) is 9.15. The van der Waals surface area contributed by atoms with Crippen molar-refractivity contribution >= 4 is 5.97 Å². The minimum Gasteiger partial charge on any atom is -0.550 e. The molecule has 0 bridgehead atoms. The predicted molar refractivity (Wildman–Crippen MR) is 70.7 cm³/mol. The summed E-state index contributed by atoms with van der Waals surface area (Å²) >= 11 is 0. The minimum absolute atomic E-state index is 0.0647. The highest BCUT2D eigenvalue weighted by atomic mass is 16.5. The second kappa shape index (κ2) is 6.05. The Bertz CT molecular complexity index is 561. The first-order valence-corrected chi connectivity index (χ1v) is 6.11. The lowest BCUT2D eigenvalue weighted by atomic mass is 10.1. The maximum absolute atomic E-state index is 10.6. The molecule has 0 unspecified atom stereocenters. The van der Waals surface area contributed by atoms with E-state index in [9.17, 15) is 9.90 Å². The summed E-state index contributed by atoms with van der Waals surface area (Å²) in [7, 11) is 0. The molecular formula is C16H15O3-. The quantitative estimate of drug-likeness (QED) is 0.819. The molecule has 3 nitrogen and oxygen atoms in total. The lowest BCUT2D eigenvalue weighted by Crippen LogP contribution is -2.24. The van der Waals surface area contributed by atoms with Gasteiger partial charge in [0.2, 0.25) is 0 Å². The molecule has 0 saturated carbocycles. The van der Waals surface area contributed by atoms with E-state index in [-0.39, 0.29) is 6.42 Å². The maximum Gasteiger partial charge on any atom is 0.120 e. The molecule has 0 aliphatic rings. The second-order valence-electron chi connectivity index (χ2n) is 4.41. The Labute approximate surface area is 112 Å². The highest BCUT2D eigenvalue weighted by Crippen LogP contribution is 2.18. The van der Waals surface area contributed by atoms with Crippen LogP contribution in [-0.4, -0.2) is 5.97 Å². The van der Waals surface area contributed by atoms with Gasteiger partial charge in [-0.1, -0.05) is 36.4 Å². The predicted octanol–water partition coefficient (Wildman–Crippen LogP) is 1.87. The molecule has 2 aromatic rings. The summed E-state index contributed by atoms with van der Waals surface area (Å²) in [6, 6.07) is 15.3. The SMILES string of the molecule is Cc1cc(OCc2ccccc2)ccc1CC(=O)[O-]. The molecule has 3 heteroatoms. The molecule has 19 heavy (non-hydrogen) atoms. The Morgan fingerprint density at radius 3 is 2.53 bits per heavy atom. The van der Waals surface area contributed by atoms with Crippen LogP contribution in [0.4, 0.5) is 0 Å². The van der Waals surface area contributed by atoms with Crippen molar-refractivity contribution in [3.8, 4) is 5.75 Å². The normalized spacial score (nSPS) is 10.2. The van der Waals surface area contributed by atoms with Crippen LogP contribution in [0.15, 0.2) is 48.5 Å². The number of carbonyl (C=O) groups excluding carboxylic acids is 1. The third-order valence-electron chi connectivity index (χ3n) is 2.90. The van der Waals surface area contributed by atoms with E-state index in [0.29, 0.717) is 6.61 Å². The number of aliphatic carboxylic acids is 1. The number of rotatable bonds is 5. The average Bonchev–Trinajstić information content (AvgIpc) is 2.40. The molecule has 0 saturated heterocycles. The third kappa shape index (κ3) is 3.85. The molecule has 0 N–H and O–H groups in total. The highest BCUT2D eigenvalue weighted by Gasteiger charge is 2.02. The minimum atomic E-state index is -1.07. The van der Waals surface area contributed by atoms with Crippen molar-refractivity contribution in [1.29, 1.82) is 0 Å². The molecule has 0 aromatic heterocycles. The van der Waals surface area contributed by atoms with Gasteiger partial charge < -0.3 is 14.6 Å². The van der Waals surface area contributed by atoms with Crippen LogP contribution in [0.25, 0.3) is 0 Å². The van der Waals surface area contributed by atoms with E-state index in [4.69, 9.17) is 4.74 Å². The molecule has 0 fully saturated rings. The lowest BCUT2D eigenvalue weighted by Gasteiger charge is -2.10. The zero-order valence-corrected chi connectivity index (χ0v) is 10.8. The van der Waals surface area contributed by atoms with Gasteiger partial charge in [-0.05, 0) is 35.7 Å². The summed E-state index contributed by atoms with van der Waals surface area (Å²) < 4.78 is 5.67. The Hall–Kier alpha value is -2.29. The van der Waals surface area contributed by atoms with Crippen molar-refractivity contribution in [2.75, 3.05) is 0 Å². The Kier molecular flexibility index (Phi) is 4.18.